The summed E-state index contributed by atoms with van der Waals surface area (Å²) in [4.78, 5) is 10.8. The first kappa shape index (κ1) is 27.7. The summed E-state index contributed by atoms with van der Waals surface area (Å²) in [5, 5.41) is 7.71. The molecule has 3 heterocycles. The Kier molecular flexibility index (Phi) is 5.35. The van der Waals surface area contributed by atoms with Crippen LogP contribution in [0.1, 0.15) is 26.3 Å². The minimum absolute atomic E-state index is 0.0863. The van der Waals surface area contributed by atoms with Crippen molar-refractivity contribution in [3.8, 4) is 33.9 Å². The molecule has 50 heavy (non-hydrogen) atoms. The summed E-state index contributed by atoms with van der Waals surface area (Å²) in [6.45, 7) is 6.94. The minimum Gasteiger partial charge on any atom is -0.309 e. The fourth-order valence-corrected chi connectivity index (χ4v) is 8.48. The van der Waals surface area contributed by atoms with Crippen LogP contribution in [-0.4, -0.2) is 19.1 Å². The third kappa shape index (κ3) is 3.60. The molecule has 0 unspecified atom stereocenters. The maximum atomic E-state index is 5.45. The number of nitrogens with zero attached hydrogens (tertiary/aromatic N) is 4. The van der Waals surface area contributed by atoms with Crippen LogP contribution >= 0.6 is 0 Å². The monoisotopic (exact) mass is 640 g/mol. The Morgan fingerprint density at radius 3 is 1.80 bits per heavy atom. The molecule has 0 fully saturated rings. The molecule has 0 N–H and O–H groups in total. The van der Waals surface area contributed by atoms with Crippen molar-refractivity contribution in [3.05, 3.63) is 145 Å². The normalized spacial score (nSPS) is 12.7. The summed E-state index contributed by atoms with van der Waals surface area (Å²) >= 11 is 0. The Labute approximate surface area is 288 Å². The van der Waals surface area contributed by atoms with E-state index in [1.54, 1.807) is 0 Å². The van der Waals surface area contributed by atoms with Gasteiger partial charge in [0.2, 0.25) is 0 Å². The van der Waals surface area contributed by atoms with E-state index in [0.29, 0.717) is 0 Å². The lowest BCUT2D eigenvalue weighted by atomic mass is 9.84. The van der Waals surface area contributed by atoms with E-state index in [0.717, 1.165) is 39.1 Å². The lowest BCUT2D eigenvalue weighted by Gasteiger charge is -2.22. The average molecular weight is 641 g/mol. The van der Waals surface area contributed by atoms with Crippen molar-refractivity contribution in [2.45, 2.75) is 26.2 Å². The van der Waals surface area contributed by atoms with E-state index in [9.17, 15) is 0 Å². The van der Waals surface area contributed by atoms with E-state index in [1.165, 1.54) is 65.7 Å². The van der Waals surface area contributed by atoms with Gasteiger partial charge in [0.25, 0.3) is 0 Å². The largest absolute Gasteiger partial charge is 0.309 e. The van der Waals surface area contributed by atoms with Gasteiger partial charge in [0.05, 0.1) is 33.1 Å². The van der Waals surface area contributed by atoms with Crippen molar-refractivity contribution < 1.29 is 0 Å². The van der Waals surface area contributed by atoms with Gasteiger partial charge in [0.1, 0.15) is 5.69 Å². The SMILES string of the molecule is CC(C)(C)c1cc2c3c4c5c(ccc6c5c5c-2cccc5n6-c2ccccc2)ccc4n(-c2nc4ccccc4nc2-c2ccccc2)c3c1. The van der Waals surface area contributed by atoms with Gasteiger partial charge in [-0.25, -0.2) is 9.97 Å². The second-order valence-electron chi connectivity index (χ2n) is 14.6. The first-order valence-electron chi connectivity index (χ1n) is 17.4. The Morgan fingerprint density at radius 1 is 0.460 bits per heavy atom. The summed E-state index contributed by atoms with van der Waals surface area (Å²) in [5.41, 5.74) is 13.4. The predicted octanol–water partition coefficient (Wildman–Crippen LogP) is 11.9. The zero-order valence-corrected chi connectivity index (χ0v) is 28.1. The summed E-state index contributed by atoms with van der Waals surface area (Å²) in [6.07, 6.45) is 0. The van der Waals surface area contributed by atoms with E-state index < -0.39 is 0 Å². The Bertz CT molecular complexity index is 3050. The molecule has 0 amide bonds. The molecule has 4 heteroatoms. The van der Waals surface area contributed by atoms with Gasteiger partial charge in [0, 0.05) is 38.2 Å². The van der Waals surface area contributed by atoms with Gasteiger partial charge in [-0.1, -0.05) is 106 Å². The topological polar surface area (TPSA) is 35.6 Å². The maximum absolute atomic E-state index is 5.45. The highest BCUT2D eigenvalue weighted by molar-refractivity contribution is 6.38. The first-order valence-corrected chi connectivity index (χ1v) is 17.4. The number of rotatable bonds is 3. The van der Waals surface area contributed by atoms with E-state index in [4.69, 9.17) is 9.97 Å². The molecule has 0 aliphatic heterocycles. The van der Waals surface area contributed by atoms with E-state index in [-0.39, 0.29) is 5.41 Å². The lowest BCUT2D eigenvalue weighted by Crippen LogP contribution is -2.12. The van der Waals surface area contributed by atoms with Crippen LogP contribution in [-0.2, 0) is 5.41 Å². The predicted molar refractivity (Wildman–Crippen MR) is 209 cm³/mol. The van der Waals surface area contributed by atoms with Crippen LogP contribution < -0.4 is 0 Å². The molecule has 1 aliphatic rings. The minimum atomic E-state index is -0.0863. The number of benzene rings is 7. The molecule has 0 saturated carbocycles. The van der Waals surface area contributed by atoms with Crippen LogP contribution in [0.2, 0.25) is 0 Å². The van der Waals surface area contributed by atoms with E-state index >= 15 is 0 Å². The molecule has 7 aromatic carbocycles. The number of para-hydroxylation sites is 3. The summed E-state index contributed by atoms with van der Waals surface area (Å²) in [6, 6.07) is 50.4. The van der Waals surface area contributed by atoms with Crippen LogP contribution in [0.25, 0.3) is 99.3 Å². The molecule has 0 atom stereocenters. The van der Waals surface area contributed by atoms with E-state index in [2.05, 4.69) is 157 Å². The molecular weight excluding hydrogens is 609 g/mol. The molecule has 0 radical (unpaired) electrons. The third-order valence-corrected chi connectivity index (χ3v) is 10.7. The molecular formula is C46H32N4. The zero-order chi connectivity index (χ0) is 33.3. The smallest absolute Gasteiger partial charge is 0.165 e. The quantitative estimate of drug-likeness (QED) is 0.193. The number of aromatic nitrogens is 4. The van der Waals surface area contributed by atoms with Gasteiger partial charge in [0.15, 0.2) is 5.82 Å². The molecule has 3 aromatic heterocycles. The molecule has 236 valence electrons. The fraction of sp³-hybridized carbons (Fsp3) is 0.0870. The van der Waals surface area contributed by atoms with Gasteiger partial charge in [-0.2, -0.15) is 0 Å². The van der Waals surface area contributed by atoms with Crippen molar-refractivity contribution in [2.24, 2.45) is 0 Å². The highest BCUT2D eigenvalue weighted by Crippen LogP contribution is 2.52. The molecule has 0 bridgehead atoms. The molecule has 0 spiro atoms. The number of hydrogen-bond acceptors (Lipinski definition) is 2. The van der Waals surface area contributed by atoms with Gasteiger partial charge < -0.3 is 4.57 Å². The van der Waals surface area contributed by atoms with Gasteiger partial charge >= 0.3 is 0 Å². The summed E-state index contributed by atoms with van der Waals surface area (Å²) < 4.78 is 4.85. The lowest BCUT2D eigenvalue weighted by molar-refractivity contribution is 0.591. The van der Waals surface area contributed by atoms with Crippen LogP contribution in [0, 0.1) is 0 Å². The zero-order valence-electron chi connectivity index (χ0n) is 28.1. The molecule has 11 rings (SSSR count). The highest BCUT2D eigenvalue weighted by Gasteiger charge is 2.30. The van der Waals surface area contributed by atoms with Crippen molar-refractivity contribution in [1.29, 1.82) is 0 Å². The second kappa shape index (κ2) is 9.67. The summed E-state index contributed by atoms with van der Waals surface area (Å²) in [7, 11) is 0. The van der Waals surface area contributed by atoms with Crippen molar-refractivity contribution in [1.82, 2.24) is 19.1 Å². The Hall–Kier alpha value is -6.26. The Balaban J connectivity index is 1.41. The molecule has 10 aromatic rings. The highest BCUT2D eigenvalue weighted by atomic mass is 15.1. The second-order valence-corrected chi connectivity index (χ2v) is 14.6. The average Bonchev–Trinajstić information content (AvgIpc) is 3.63. The molecule has 0 saturated heterocycles. The van der Waals surface area contributed by atoms with Crippen LogP contribution in [0.15, 0.2) is 140 Å². The summed E-state index contributed by atoms with van der Waals surface area (Å²) in [5.74, 6) is 0.847. The standard InChI is InChI=1S/C46H32N4/c1-46(2,3)29-25-32-31-17-12-20-35-40(31)42-36(49(35)30-15-8-5-9-16-30)23-21-27-22-24-37-43(39(27)42)41(32)38(26-29)50(37)45-44(28-13-6-4-7-14-28)47-33-18-10-11-19-34(33)48-45/h4-26H,1-3H3. The number of fused-ring (bicyclic) bond motifs is 2. The van der Waals surface area contributed by atoms with Gasteiger partial charge in [-0.3, -0.25) is 4.57 Å². The van der Waals surface area contributed by atoms with Gasteiger partial charge in [-0.05, 0) is 82.1 Å². The fourth-order valence-electron chi connectivity index (χ4n) is 8.48. The first-order chi connectivity index (χ1) is 24.5. The Morgan fingerprint density at radius 2 is 1.08 bits per heavy atom. The van der Waals surface area contributed by atoms with Crippen LogP contribution in [0.4, 0.5) is 0 Å². The van der Waals surface area contributed by atoms with Crippen molar-refractivity contribution >= 4 is 65.4 Å². The number of hydrogen-bond donors (Lipinski definition) is 0. The molecule has 4 nitrogen and oxygen atoms in total. The third-order valence-electron chi connectivity index (χ3n) is 10.7. The van der Waals surface area contributed by atoms with Crippen LogP contribution in [0.3, 0.4) is 0 Å². The van der Waals surface area contributed by atoms with Crippen molar-refractivity contribution in [2.75, 3.05) is 0 Å². The maximum Gasteiger partial charge on any atom is 0.165 e. The van der Waals surface area contributed by atoms with Crippen LogP contribution in [0.5, 0.6) is 0 Å². The van der Waals surface area contributed by atoms with E-state index in [1.807, 2.05) is 12.1 Å². The molecule has 1 aliphatic carbocycles. The van der Waals surface area contributed by atoms with Crippen molar-refractivity contribution in [3.63, 3.8) is 0 Å². The van der Waals surface area contributed by atoms with Gasteiger partial charge in [-0.15, -0.1) is 0 Å².